The van der Waals surface area contributed by atoms with Gasteiger partial charge in [0.15, 0.2) is 15.6 Å². The van der Waals surface area contributed by atoms with E-state index in [2.05, 4.69) is 0 Å². The zero-order valence-corrected chi connectivity index (χ0v) is 22.8. The molecule has 3 aromatic carbocycles. The predicted molar refractivity (Wildman–Crippen MR) is 146 cm³/mol. The quantitative estimate of drug-likeness (QED) is 0.316. The van der Waals surface area contributed by atoms with Crippen LogP contribution in [0.5, 0.6) is 5.75 Å². The molecule has 0 spiro atoms. The van der Waals surface area contributed by atoms with E-state index in [0.717, 1.165) is 56.1 Å². The summed E-state index contributed by atoms with van der Waals surface area (Å²) in [4.78, 5) is 18.1. The molecule has 6 nitrogen and oxygen atoms in total. The van der Waals surface area contributed by atoms with Crippen molar-refractivity contribution in [3.8, 4) is 16.9 Å². The van der Waals surface area contributed by atoms with Gasteiger partial charge in [0.25, 0.3) is 0 Å². The number of nitrogens with zero attached hydrogens (tertiary/aromatic N) is 1. The molecule has 0 N–H and O–H groups in total. The maximum atomic E-state index is 13.1. The van der Waals surface area contributed by atoms with Crippen LogP contribution in [0.2, 0.25) is 0 Å². The van der Waals surface area contributed by atoms with E-state index in [9.17, 15) is 13.2 Å². The van der Waals surface area contributed by atoms with Crippen molar-refractivity contribution in [3.05, 3.63) is 65.4 Å². The van der Waals surface area contributed by atoms with Crippen LogP contribution in [0.3, 0.4) is 0 Å². The number of fused-ring (bicyclic) bond motifs is 1. The molecular weight excluding hydrogens is 486 g/mol. The van der Waals surface area contributed by atoms with E-state index < -0.39 is 21.5 Å². The van der Waals surface area contributed by atoms with Crippen molar-refractivity contribution in [3.63, 3.8) is 0 Å². The van der Waals surface area contributed by atoms with Crippen LogP contribution < -0.4 is 4.74 Å². The van der Waals surface area contributed by atoms with Crippen molar-refractivity contribution < 1.29 is 22.7 Å². The molecule has 0 aliphatic carbocycles. The SMILES string of the molecule is CC(=O)[C@@H](OC(C)(C)C)c1c(C)cc2cc(S(C)(=O)=O)ccc2c1-c1ccc2c3c(ccnc13)CCO2. The van der Waals surface area contributed by atoms with Crippen molar-refractivity contribution in [1.82, 2.24) is 4.98 Å². The third kappa shape index (κ3) is 4.62. The molecule has 0 unspecified atom stereocenters. The number of sulfone groups is 1. The smallest absolute Gasteiger partial charge is 0.175 e. The Bertz CT molecular complexity index is 1670. The summed E-state index contributed by atoms with van der Waals surface area (Å²) in [7, 11) is -3.40. The minimum absolute atomic E-state index is 0.106. The first-order valence-electron chi connectivity index (χ1n) is 12.3. The van der Waals surface area contributed by atoms with Crippen LogP contribution in [0.1, 0.15) is 50.5 Å². The number of benzene rings is 3. The van der Waals surface area contributed by atoms with E-state index in [4.69, 9.17) is 14.5 Å². The fourth-order valence-corrected chi connectivity index (χ4v) is 5.86. The van der Waals surface area contributed by atoms with Gasteiger partial charge in [0.05, 0.1) is 22.6 Å². The standard InChI is InChI=1S/C30H31NO5S/c1-17-15-20-16-21(37(6,33)34)7-8-22(20)27(25(17)29(18(2)32)36-30(3,4)5)23-9-10-24-26-19(12-14-35-24)11-13-31-28(23)26/h7-11,13,15-16,29H,12,14H2,1-6H3/t29-/m1/s1. The highest BCUT2D eigenvalue weighted by molar-refractivity contribution is 7.90. The molecule has 4 aromatic rings. The highest BCUT2D eigenvalue weighted by Gasteiger charge is 2.31. The van der Waals surface area contributed by atoms with E-state index >= 15 is 0 Å². The van der Waals surface area contributed by atoms with Crippen LogP contribution in [-0.2, 0) is 25.8 Å². The number of hydrogen-bond acceptors (Lipinski definition) is 6. The topological polar surface area (TPSA) is 82.6 Å². The molecule has 5 rings (SSSR count). The van der Waals surface area contributed by atoms with Crippen LogP contribution in [0, 0.1) is 6.92 Å². The zero-order chi connectivity index (χ0) is 26.7. The van der Waals surface area contributed by atoms with Crippen LogP contribution in [0.4, 0.5) is 0 Å². The lowest BCUT2D eigenvalue weighted by Crippen LogP contribution is -2.27. The lowest BCUT2D eigenvalue weighted by molar-refractivity contribution is -0.138. The molecule has 0 bridgehead atoms. The average molecular weight is 518 g/mol. The number of ether oxygens (including phenoxy) is 2. The van der Waals surface area contributed by atoms with E-state index in [1.807, 2.05) is 64.2 Å². The van der Waals surface area contributed by atoms with Crippen LogP contribution >= 0.6 is 0 Å². The van der Waals surface area contributed by atoms with E-state index in [0.29, 0.717) is 6.61 Å². The molecule has 0 saturated carbocycles. The Morgan fingerprint density at radius 3 is 2.54 bits per heavy atom. The summed E-state index contributed by atoms with van der Waals surface area (Å²) >= 11 is 0. The summed E-state index contributed by atoms with van der Waals surface area (Å²) in [6, 6.07) is 13.0. The summed E-state index contributed by atoms with van der Waals surface area (Å²) in [5.41, 5.74) is 4.66. The monoisotopic (exact) mass is 517 g/mol. The summed E-state index contributed by atoms with van der Waals surface area (Å²) in [5, 5.41) is 2.57. The van der Waals surface area contributed by atoms with Crippen LogP contribution in [0.15, 0.2) is 53.6 Å². The molecule has 0 saturated heterocycles. The van der Waals surface area contributed by atoms with Gasteiger partial charge in [0.2, 0.25) is 0 Å². The number of ketones is 1. The zero-order valence-electron chi connectivity index (χ0n) is 22.0. The van der Waals surface area contributed by atoms with E-state index in [1.165, 1.54) is 11.8 Å². The highest BCUT2D eigenvalue weighted by Crippen LogP contribution is 2.45. The number of Topliss-reactive ketones (excluding diaryl/α,β-unsaturated/α-hetero) is 1. The molecule has 1 aliphatic rings. The summed E-state index contributed by atoms with van der Waals surface area (Å²) in [6.45, 7) is 9.88. The second-order valence-electron chi connectivity index (χ2n) is 10.8. The van der Waals surface area contributed by atoms with Crippen molar-refractivity contribution in [1.29, 1.82) is 0 Å². The van der Waals surface area contributed by atoms with Gasteiger partial charge in [0, 0.05) is 29.8 Å². The van der Waals surface area contributed by atoms with Gasteiger partial charge in [-0.2, -0.15) is 0 Å². The van der Waals surface area contributed by atoms with Gasteiger partial charge in [-0.05, 0) is 98.0 Å². The maximum absolute atomic E-state index is 13.1. The molecule has 0 radical (unpaired) electrons. The van der Waals surface area contributed by atoms with E-state index in [-0.39, 0.29) is 10.7 Å². The maximum Gasteiger partial charge on any atom is 0.175 e. The van der Waals surface area contributed by atoms with Crippen LogP contribution in [-0.4, -0.2) is 37.6 Å². The largest absolute Gasteiger partial charge is 0.493 e. The number of hydrogen-bond donors (Lipinski definition) is 0. The van der Waals surface area contributed by atoms with Gasteiger partial charge in [-0.1, -0.05) is 12.1 Å². The third-order valence-electron chi connectivity index (χ3n) is 6.73. The van der Waals surface area contributed by atoms with Crippen molar-refractivity contribution in [2.75, 3.05) is 12.9 Å². The Labute approximate surface area is 217 Å². The first-order chi connectivity index (χ1) is 17.3. The van der Waals surface area contributed by atoms with E-state index in [1.54, 1.807) is 19.1 Å². The molecular formula is C30H31NO5S. The first kappa shape index (κ1) is 25.4. The third-order valence-corrected chi connectivity index (χ3v) is 7.84. The number of aromatic nitrogens is 1. The fraction of sp³-hybridized carbons (Fsp3) is 0.333. The Kier molecular flexibility index (Phi) is 6.12. The Morgan fingerprint density at radius 2 is 1.86 bits per heavy atom. The number of pyridine rings is 1. The molecule has 0 amide bonds. The molecule has 7 heteroatoms. The number of aryl methyl sites for hydroxylation is 1. The van der Waals surface area contributed by atoms with Gasteiger partial charge in [-0.25, -0.2) is 8.42 Å². The lowest BCUT2D eigenvalue weighted by atomic mass is 9.85. The second-order valence-corrected chi connectivity index (χ2v) is 12.8. The molecule has 37 heavy (non-hydrogen) atoms. The fourth-order valence-electron chi connectivity index (χ4n) is 5.20. The highest BCUT2D eigenvalue weighted by atomic mass is 32.2. The van der Waals surface area contributed by atoms with Gasteiger partial charge in [-0.15, -0.1) is 0 Å². The van der Waals surface area contributed by atoms with Gasteiger partial charge in [-0.3, -0.25) is 9.78 Å². The average Bonchev–Trinajstić information content (AvgIpc) is 2.81. The Morgan fingerprint density at radius 1 is 1.11 bits per heavy atom. The Balaban J connectivity index is 1.93. The minimum Gasteiger partial charge on any atom is -0.493 e. The lowest BCUT2D eigenvalue weighted by Gasteiger charge is -2.30. The van der Waals surface area contributed by atoms with Crippen LogP contribution in [0.25, 0.3) is 32.8 Å². The number of rotatable bonds is 5. The predicted octanol–water partition coefficient (Wildman–Crippen LogP) is 6.15. The van der Waals surface area contributed by atoms with Gasteiger partial charge >= 0.3 is 0 Å². The van der Waals surface area contributed by atoms with Gasteiger partial charge < -0.3 is 9.47 Å². The molecule has 192 valence electrons. The number of carbonyl (C=O) groups excluding carboxylic acids is 1. The summed E-state index contributed by atoms with van der Waals surface area (Å²) in [5.74, 6) is 0.686. The summed E-state index contributed by atoms with van der Waals surface area (Å²) in [6.07, 6.45) is 2.99. The first-order valence-corrected chi connectivity index (χ1v) is 14.2. The van der Waals surface area contributed by atoms with Crippen molar-refractivity contribution >= 4 is 37.3 Å². The summed E-state index contributed by atoms with van der Waals surface area (Å²) < 4.78 is 37.0. The second kappa shape index (κ2) is 8.92. The molecule has 1 aliphatic heterocycles. The number of carbonyl (C=O) groups is 1. The van der Waals surface area contributed by atoms with Crippen molar-refractivity contribution in [2.24, 2.45) is 0 Å². The molecule has 2 heterocycles. The van der Waals surface area contributed by atoms with Gasteiger partial charge in [0.1, 0.15) is 11.9 Å². The molecule has 1 atom stereocenters. The minimum atomic E-state index is -3.40. The Hall–Kier alpha value is -3.29. The normalized spacial score (nSPS) is 14.5. The van der Waals surface area contributed by atoms with Crippen molar-refractivity contribution in [2.45, 2.75) is 57.6 Å². The molecule has 1 aromatic heterocycles. The molecule has 0 fully saturated rings.